The SMILES string of the molecule is COC(=O)CSc1nc2ccc(NC(=O)[C@H]3CCCC[C@@H]3C(=O)O)cc2s1. The molecule has 2 atom stereocenters. The van der Waals surface area contributed by atoms with E-state index >= 15 is 0 Å². The minimum absolute atomic E-state index is 0.193. The minimum atomic E-state index is -0.903. The number of rotatable bonds is 6. The number of ether oxygens (including phenoxy) is 1. The van der Waals surface area contributed by atoms with Crippen molar-refractivity contribution >= 4 is 56.8 Å². The number of fused-ring (bicyclic) bond motifs is 1. The monoisotopic (exact) mass is 408 g/mol. The zero-order valence-corrected chi connectivity index (χ0v) is 16.4. The first-order chi connectivity index (χ1) is 13.0. The Morgan fingerprint density at radius 2 is 2.04 bits per heavy atom. The number of carboxylic acids is 1. The van der Waals surface area contributed by atoms with Crippen molar-refractivity contribution in [1.29, 1.82) is 0 Å². The van der Waals surface area contributed by atoms with Crippen LogP contribution in [0.3, 0.4) is 0 Å². The zero-order chi connectivity index (χ0) is 19.4. The zero-order valence-electron chi connectivity index (χ0n) is 14.8. The summed E-state index contributed by atoms with van der Waals surface area (Å²) in [7, 11) is 1.34. The van der Waals surface area contributed by atoms with Gasteiger partial charge in [-0.2, -0.15) is 0 Å². The summed E-state index contributed by atoms with van der Waals surface area (Å²) in [5.74, 6) is -2.39. The van der Waals surface area contributed by atoms with Gasteiger partial charge >= 0.3 is 11.9 Å². The molecule has 7 nitrogen and oxygen atoms in total. The molecule has 27 heavy (non-hydrogen) atoms. The Morgan fingerprint density at radius 3 is 2.74 bits per heavy atom. The summed E-state index contributed by atoms with van der Waals surface area (Å²) in [4.78, 5) is 39.7. The molecule has 1 saturated carbocycles. The van der Waals surface area contributed by atoms with Gasteiger partial charge in [-0.3, -0.25) is 14.4 Å². The van der Waals surface area contributed by atoms with E-state index in [9.17, 15) is 19.5 Å². The molecule has 9 heteroatoms. The van der Waals surface area contributed by atoms with E-state index in [0.717, 1.165) is 27.4 Å². The Bertz CT molecular complexity index is 867. The van der Waals surface area contributed by atoms with Crippen molar-refractivity contribution in [1.82, 2.24) is 4.98 Å². The lowest BCUT2D eigenvalue weighted by atomic mass is 9.78. The van der Waals surface area contributed by atoms with Crippen LogP contribution < -0.4 is 5.32 Å². The van der Waals surface area contributed by atoms with E-state index in [2.05, 4.69) is 15.0 Å². The van der Waals surface area contributed by atoms with Gasteiger partial charge in [0.1, 0.15) is 0 Å². The summed E-state index contributed by atoms with van der Waals surface area (Å²) in [6, 6.07) is 5.39. The number of aromatic nitrogens is 1. The van der Waals surface area contributed by atoms with E-state index in [1.807, 2.05) is 6.07 Å². The normalized spacial score (nSPS) is 19.6. The van der Waals surface area contributed by atoms with Crippen molar-refractivity contribution in [2.24, 2.45) is 11.8 Å². The van der Waals surface area contributed by atoms with Crippen LogP contribution in [-0.2, 0) is 19.1 Å². The molecule has 0 aliphatic heterocycles. The molecule has 3 rings (SSSR count). The van der Waals surface area contributed by atoms with E-state index in [1.54, 1.807) is 12.1 Å². The van der Waals surface area contributed by atoms with E-state index < -0.39 is 17.8 Å². The highest BCUT2D eigenvalue weighted by Crippen LogP contribution is 2.33. The predicted molar refractivity (Wildman–Crippen MR) is 104 cm³/mol. The highest BCUT2D eigenvalue weighted by Gasteiger charge is 2.35. The summed E-state index contributed by atoms with van der Waals surface area (Å²) in [6.07, 6.45) is 2.86. The summed E-state index contributed by atoms with van der Waals surface area (Å²) >= 11 is 2.74. The first-order valence-corrected chi connectivity index (χ1v) is 10.4. The van der Waals surface area contributed by atoms with Crippen LogP contribution in [0.5, 0.6) is 0 Å². The number of hydrogen-bond donors (Lipinski definition) is 2. The van der Waals surface area contributed by atoms with E-state index in [4.69, 9.17) is 0 Å². The van der Waals surface area contributed by atoms with Crippen LogP contribution in [0.25, 0.3) is 10.2 Å². The molecule has 0 radical (unpaired) electrons. The molecule has 144 valence electrons. The Labute approximate surface area is 164 Å². The second-order valence-electron chi connectivity index (χ2n) is 6.35. The molecule has 0 bridgehead atoms. The van der Waals surface area contributed by atoms with Crippen molar-refractivity contribution < 1.29 is 24.2 Å². The van der Waals surface area contributed by atoms with Gasteiger partial charge in [0.2, 0.25) is 5.91 Å². The standard InChI is InChI=1S/C18H20N2O5S2/c1-25-15(21)9-26-18-20-13-7-6-10(8-14(13)27-18)19-16(22)11-4-2-3-5-12(11)17(23)24/h6-8,11-12H,2-5,9H2,1H3,(H,19,22)(H,23,24)/t11-,12-/m0/s1. The molecule has 0 spiro atoms. The van der Waals surface area contributed by atoms with E-state index in [0.29, 0.717) is 18.5 Å². The first-order valence-electron chi connectivity index (χ1n) is 8.62. The lowest BCUT2D eigenvalue weighted by Crippen LogP contribution is -2.36. The van der Waals surface area contributed by atoms with Crippen LogP contribution in [0.2, 0.25) is 0 Å². The molecular formula is C18H20N2O5S2. The number of esters is 1. The maximum atomic E-state index is 12.6. The first kappa shape index (κ1) is 19.6. The van der Waals surface area contributed by atoms with Crippen LogP contribution in [-0.4, -0.2) is 40.8 Å². The molecule has 0 saturated heterocycles. The number of thioether (sulfide) groups is 1. The van der Waals surface area contributed by atoms with Crippen molar-refractivity contribution in [3.05, 3.63) is 18.2 Å². The third-order valence-corrected chi connectivity index (χ3v) is 6.73. The average molecular weight is 409 g/mol. The third kappa shape index (κ3) is 4.78. The number of nitrogens with one attached hydrogen (secondary N) is 1. The number of hydrogen-bond acceptors (Lipinski definition) is 7. The summed E-state index contributed by atoms with van der Waals surface area (Å²) in [5, 5.41) is 12.2. The Kier molecular flexibility index (Phi) is 6.33. The molecule has 1 fully saturated rings. The number of thiazole rings is 1. The predicted octanol–water partition coefficient (Wildman–Crippen LogP) is 3.39. The molecule has 1 heterocycles. The summed E-state index contributed by atoms with van der Waals surface area (Å²) in [5.41, 5.74) is 1.40. The van der Waals surface area contributed by atoms with Gasteiger partial charge in [-0.15, -0.1) is 11.3 Å². The summed E-state index contributed by atoms with van der Waals surface area (Å²) < 4.78 is 6.25. The van der Waals surface area contributed by atoms with Crippen molar-refractivity contribution in [2.75, 3.05) is 18.2 Å². The number of amides is 1. The fraction of sp³-hybridized carbons (Fsp3) is 0.444. The van der Waals surface area contributed by atoms with Crippen LogP contribution in [0.15, 0.2) is 22.5 Å². The van der Waals surface area contributed by atoms with Gasteiger partial charge in [-0.1, -0.05) is 24.6 Å². The fourth-order valence-electron chi connectivity index (χ4n) is 3.20. The molecule has 1 aliphatic carbocycles. The molecular weight excluding hydrogens is 388 g/mol. The van der Waals surface area contributed by atoms with Crippen molar-refractivity contribution in [2.45, 2.75) is 30.0 Å². The summed E-state index contributed by atoms with van der Waals surface area (Å²) in [6.45, 7) is 0. The minimum Gasteiger partial charge on any atom is -0.481 e. The number of benzene rings is 1. The Balaban J connectivity index is 1.70. The second kappa shape index (κ2) is 8.71. The van der Waals surface area contributed by atoms with Gasteiger partial charge in [0, 0.05) is 5.69 Å². The molecule has 1 amide bonds. The van der Waals surface area contributed by atoms with Crippen molar-refractivity contribution in [3.63, 3.8) is 0 Å². The van der Waals surface area contributed by atoms with Gasteiger partial charge in [-0.05, 0) is 31.0 Å². The number of anilines is 1. The molecule has 1 aromatic carbocycles. The van der Waals surface area contributed by atoms with Gasteiger partial charge < -0.3 is 15.2 Å². The van der Waals surface area contributed by atoms with Gasteiger partial charge in [0.05, 0.1) is 34.9 Å². The van der Waals surface area contributed by atoms with E-state index in [1.165, 1.54) is 30.2 Å². The number of carboxylic acid groups (broad SMARTS) is 1. The van der Waals surface area contributed by atoms with Gasteiger partial charge in [-0.25, -0.2) is 4.98 Å². The molecule has 0 unspecified atom stereocenters. The van der Waals surface area contributed by atoms with Gasteiger partial charge in [0.25, 0.3) is 0 Å². The third-order valence-electron chi connectivity index (χ3n) is 4.60. The van der Waals surface area contributed by atoms with E-state index in [-0.39, 0.29) is 17.6 Å². The molecule has 1 aliphatic rings. The lowest BCUT2D eigenvalue weighted by molar-refractivity contribution is -0.147. The molecule has 2 aromatic rings. The van der Waals surface area contributed by atoms with Crippen LogP contribution in [0.4, 0.5) is 5.69 Å². The average Bonchev–Trinajstić information content (AvgIpc) is 3.08. The maximum absolute atomic E-state index is 12.6. The number of methoxy groups -OCH3 is 1. The fourth-order valence-corrected chi connectivity index (χ4v) is 5.14. The lowest BCUT2D eigenvalue weighted by Gasteiger charge is -2.27. The molecule has 2 N–H and O–H groups in total. The second-order valence-corrected chi connectivity index (χ2v) is 8.61. The largest absolute Gasteiger partial charge is 0.481 e. The number of aliphatic carboxylic acids is 1. The van der Waals surface area contributed by atoms with Crippen molar-refractivity contribution in [3.8, 4) is 0 Å². The quantitative estimate of drug-likeness (QED) is 0.557. The van der Waals surface area contributed by atoms with Gasteiger partial charge in [0.15, 0.2) is 4.34 Å². The Hall–Kier alpha value is -2.13. The molecule has 1 aromatic heterocycles. The topological polar surface area (TPSA) is 106 Å². The highest BCUT2D eigenvalue weighted by molar-refractivity contribution is 8.01. The van der Waals surface area contributed by atoms with Crippen LogP contribution in [0, 0.1) is 11.8 Å². The highest BCUT2D eigenvalue weighted by atomic mass is 32.2. The van der Waals surface area contributed by atoms with Crippen LogP contribution >= 0.6 is 23.1 Å². The maximum Gasteiger partial charge on any atom is 0.316 e. The Morgan fingerprint density at radius 1 is 1.30 bits per heavy atom. The van der Waals surface area contributed by atoms with Crippen LogP contribution in [0.1, 0.15) is 25.7 Å². The number of carbonyl (C=O) groups is 3. The smallest absolute Gasteiger partial charge is 0.316 e. The number of nitrogens with zero attached hydrogens (tertiary/aromatic N) is 1. The number of carbonyl (C=O) groups excluding carboxylic acids is 2.